The third kappa shape index (κ3) is 6.69. The lowest BCUT2D eigenvalue weighted by molar-refractivity contribution is 0.322. The molecule has 0 saturated heterocycles. The summed E-state index contributed by atoms with van der Waals surface area (Å²) in [5.41, 5.74) is 3.54. The minimum atomic E-state index is 0. The fourth-order valence-corrected chi connectivity index (χ4v) is 3.05. The van der Waals surface area contributed by atoms with Crippen LogP contribution in [-0.2, 0) is 19.5 Å². The van der Waals surface area contributed by atoms with Crippen LogP contribution in [0.5, 0.6) is 17.2 Å². The van der Waals surface area contributed by atoms with E-state index in [4.69, 9.17) is 19.2 Å². The highest BCUT2D eigenvalue weighted by atomic mass is 127. The van der Waals surface area contributed by atoms with Crippen LogP contribution >= 0.6 is 24.0 Å². The summed E-state index contributed by atoms with van der Waals surface area (Å²) in [7, 11) is 4.83. The number of nitrogens with zero attached hydrogens (tertiary/aromatic N) is 1. The third-order valence-electron chi connectivity index (χ3n) is 4.48. The summed E-state index contributed by atoms with van der Waals surface area (Å²) < 4.78 is 16.3. The standard InChI is InChI=1S/C22H31N3O3.HI/c1-6-16-10-8-9-11-17(16)14-24-22(23-7-2)25-15-18-12-13-19(26-3)21(28-5)20(18)27-4;/h8-13H,6-7,14-15H2,1-5H3,(H2,23,24,25);1H. The van der Waals surface area contributed by atoms with Crippen LogP contribution in [0.15, 0.2) is 41.4 Å². The number of hydrogen-bond acceptors (Lipinski definition) is 4. The van der Waals surface area contributed by atoms with Crippen LogP contribution in [0.4, 0.5) is 0 Å². The zero-order valence-electron chi connectivity index (χ0n) is 17.9. The molecule has 0 unspecified atom stereocenters. The van der Waals surface area contributed by atoms with Gasteiger partial charge in [0.15, 0.2) is 17.5 Å². The fraction of sp³-hybridized carbons (Fsp3) is 0.409. The number of hydrogen-bond donors (Lipinski definition) is 2. The summed E-state index contributed by atoms with van der Waals surface area (Å²) in [6, 6.07) is 12.3. The number of halogens is 1. The zero-order chi connectivity index (χ0) is 20.4. The smallest absolute Gasteiger partial charge is 0.203 e. The molecule has 0 bridgehead atoms. The maximum Gasteiger partial charge on any atom is 0.203 e. The van der Waals surface area contributed by atoms with Gasteiger partial charge in [-0.3, -0.25) is 0 Å². The van der Waals surface area contributed by atoms with Crippen molar-refractivity contribution in [2.45, 2.75) is 33.4 Å². The SMILES string of the molecule is CCNC(=NCc1ccc(OC)c(OC)c1OC)NCc1ccccc1CC.I. The Kier molecular flexibility index (Phi) is 11.3. The van der Waals surface area contributed by atoms with Crippen molar-refractivity contribution in [1.29, 1.82) is 0 Å². The zero-order valence-corrected chi connectivity index (χ0v) is 20.2. The number of aliphatic imine (C=N–C) groups is 1. The average molecular weight is 513 g/mol. The van der Waals surface area contributed by atoms with Crippen LogP contribution < -0.4 is 24.8 Å². The van der Waals surface area contributed by atoms with E-state index in [0.29, 0.717) is 23.8 Å². The number of nitrogens with one attached hydrogen (secondary N) is 2. The normalized spacial score (nSPS) is 10.7. The van der Waals surface area contributed by atoms with E-state index in [-0.39, 0.29) is 24.0 Å². The van der Waals surface area contributed by atoms with E-state index in [1.165, 1.54) is 11.1 Å². The topological polar surface area (TPSA) is 64.1 Å². The monoisotopic (exact) mass is 513 g/mol. The average Bonchev–Trinajstić information content (AvgIpc) is 2.74. The molecule has 6 nitrogen and oxygen atoms in total. The van der Waals surface area contributed by atoms with Gasteiger partial charge in [0, 0.05) is 18.7 Å². The molecule has 2 N–H and O–H groups in total. The minimum Gasteiger partial charge on any atom is -0.493 e. The molecule has 0 aliphatic rings. The van der Waals surface area contributed by atoms with Gasteiger partial charge in [-0.1, -0.05) is 31.2 Å². The first-order chi connectivity index (χ1) is 13.7. The van der Waals surface area contributed by atoms with Crippen molar-refractivity contribution < 1.29 is 14.2 Å². The van der Waals surface area contributed by atoms with Crippen LogP contribution in [0.3, 0.4) is 0 Å². The van der Waals surface area contributed by atoms with Gasteiger partial charge in [-0.05, 0) is 36.6 Å². The van der Waals surface area contributed by atoms with E-state index in [1.54, 1.807) is 21.3 Å². The van der Waals surface area contributed by atoms with Crippen molar-refractivity contribution in [2.75, 3.05) is 27.9 Å². The number of rotatable bonds is 9. The van der Waals surface area contributed by atoms with E-state index in [1.807, 2.05) is 19.1 Å². The maximum atomic E-state index is 5.55. The number of aryl methyl sites for hydroxylation is 1. The molecule has 2 aromatic rings. The van der Waals surface area contributed by atoms with Crippen molar-refractivity contribution in [1.82, 2.24) is 10.6 Å². The Hall–Kier alpha value is -2.16. The molecule has 0 saturated carbocycles. The quantitative estimate of drug-likeness (QED) is 0.300. The van der Waals surface area contributed by atoms with Gasteiger partial charge in [-0.2, -0.15) is 0 Å². The first-order valence-corrected chi connectivity index (χ1v) is 9.55. The predicted molar refractivity (Wildman–Crippen MR) is 129 cm³/mol. The van der Waals surface area contributed by atoms with Crippen molar-refractivity contribution in [3.8, 4) is 17.2 Å². The molecule has 0 aromatic heterocycles. The van der Waals surface area contributed by atoms with Crippen LogP contribution in [-0.4, -0.2) is 33.8 Å². The van der Waals surface area contributed by atoms with E-state index >= 15 is 0 Å². The van der Waals surface area contributed by atoms with E-state index in [0.717, 1.165) is 31.0 Å². The lowest BCUT2D eigenvalue weighted by atomic mass is 10.1. The molecule has 0 radical (unpaired) electrons. The molecular formula is C22H32IN3O3. The molecule has 0 atom stereocenters. The van der Waals surface area contributed by atoms with Gasteiger partial charge in [-0.15, -0.1) is 24.0 Å². The molecule has 0 spiro atoms. The Bertz CT molecular complexity index is 797. The van der Waals surface area contributed by atoms with Crippen molar-refractivity contribution >= 4 is 29.9 Å². The molecule has 0 heterocycles. The Labute approximate surface area is 191 Å². The van der Waals surface area contributed by atoms with Crippen molar-refractivity contribution in [3.63, 3.8) is 0 Å². The van der Waals surface area contributed by atoms with E-state index in [2.05, 4.69) is 41.8 Å². The number of ether oxygens (including phenoxy) is 3. The van der Waals surface area contributed by atoms with Gasteiger partial charge in [0.05, 0.1) is 27.9 Å². The molecule has 2 rings (SSSR count). The van der Waals surface area contributed by atoms with Gasteiger partial charge < -0.3 is 24.8 Å². The maximum absolute atomic E-state index is 5.55. The minimum absolute atomic E-state index is 0. The second kappa shape index (κ2) is 13.1. The summed E-state index contributed by atoms with van der Waals surface area (Å²) in [6.45, 7) is 6.17. The highest BCUT2D eigenvalue weighted by molar-refractivity contribution is 14.0. The summed E-state index contributed by atoms with van der Waals surface area (Å²) in [5, 5.41) is 6.70. The molecule has 0 amide bonds. The van der Waals surface area contributed by atoms with E-state index in [9.17, 15) is 0 Å². The Morgan fingerprint density at radius 2 is 1.52 bits per heavy atom. The van der Waals surface area contributed by atoms with Crippen LogP contribution in [0.1, 0.15) is 30.5 Å². The van der Waals surface area contributed by atoms with Gasteiger partial charge in [0.1, 0.15) is 0 Å². The van der Waals surface area contributed by atoms with Crippen LogP contribution in [0.25, 0.3) is 0 Å². The lowest BCUT2D eigenvalue weighted by Crippen LogP contribution is -2.37. The fourth-order valence-electron chi connectivity index (χ4n) is 3.05. The third-order valence-corrected chi connectivity index (χ3v) is 4.48. The molecule has 7 heteroatoms. The molecule has 2 aromatic carbocycles. The summed E-state index contributed by atoms with van der Waals surface area (Å²) >= 11 is 0. The Balaban J connectivity index is 0.00000420. The molecule has 0 aliphatic carbocycles. The summed E-state index contributed by atoms with van der Waals surface area (Å²) in [4.78, 5) is 4.71. The molecule has 0 fully saturated rings. The largest absolute Gasteiger partial charge is 0.493 e. The highest BCUT2D eigenvalue weighted by Crippen LogP contribution is 2.39. The van der Waals surface area contributed by atoms with Gasteiger partial charge in [-0.25, -0.2) is 4.99 Å². The first-order valence-electron chi connectivity index (χ1n) is 9.55. The molecule has 29 heavy (non-hydrogen) atoms. The van der Waals surface area contributed by atoms with Crippen LogP contribution in [0, 0.1) is 0 Å². The van der Waals surface area contributed by atoms with Crippen molar-refractivity contribution in [2.24, 2.45) is 4.99 Å². The number of benzene rings is 2. The van der Waals surface area contributed by atoms with Crippen molar-refractivity contribution in [3.05, 3.63) is 53.1 Å². The predicted octanol–water partition coefficient (Wildman–Crippen LogP) is 4.15. The molecule has 160 valence electrons. The number of guanidine groups is 1. The highest BCUT2D eigenvalue weighted by Gasteiger charge is 2.15. The van der Waals surface area contributed by atoms with E-state index < -0.39 is 0 Å². The van der Waals surface area contributed by atoms with Gasteiger partial charge >= 0.3 is 0 Å². The lowest BCUT2D eigenvalue weighted by Gasteiger charge is -2.16. The summed E-state index contributed by atoms with van der Waals surface area (Å²) in [6.07, 6.45) is 1.01. The molecular weight excluding hydrogens is 481 g/mol. The Morgan fingerprint density at radius 1 is 0.828 bits per heavy atom. The second-order valence-corrected chi connectivity index (χ2v) is 6.16. The van der Waals surface area contributed by atoms with Gasteiger partial charge in [0.25, 0.3) is 0 Å². The first kappa shape index (κ1) is 24.9. The Morgan fingerprint density at radius 3 is 2.10 bits per heavy atom. The number of methoxy groups -OCH3 is 3. The van der Waals surface area contributed by atoms with Crippen LogP contribution in [0.2, 0.25) is 0 Å². The summed E-state index contributed by atoms with van der Waals surface area (Å²) in [5.74, 6) is 2.60. The van der Waals surface area contributed by atoms with Gasteiger partial charge in [0.2, 0.25) is 5.75 Å². The second-order valence-electron chi connectivity index (χ2n) is 6.16. The molecule has 0 aliphatic heterocycles.